The number of carboxylic acids is 1. The summed E-state index contributed by atoms with van der Waals surface area (Å²) in [5, 5.41) is 10.9. The topological polar surface area (TPSA) is 66.6 Å². The standard InChI is InChI=1S/C13H22N2O2/c1-15(14)11(12(16)17)13-5-8-2-9(6-13)4-10(3-8)7-13/h8-11H,2-7,14H2,1H3,(H,16,17). The van der Waals surface area contributed by atoms with Gasteiger partial charge in [-0.1, -0.05) is 0 Å². The van der Waals surface area contributed by atoms with Crippen LogP contribution in [0.2, 0.25) is 0 Å². The lowest BCUT2D eigenvalue weighted by Gasteiger charge is -2.59. The Bertz CT molecular complexity index is 305. The van der Waals surface area contributed by atoms with Gasteiger partial charge in [0.1, 0.15) is 6.04 Å². The van der Waals surface area contributed by atoms with E-state index in [1.165, 1.54) is 24.3 Å². The summed E-state index contributed by atoms with van der Waals surface area (Å²) in [6, 6.07) is -0.490. The van der Waals surface area contributed by atoms with Crippen molar-refractivity contribution < 1.29 is 9.90 Å². The summed E-state index contributed by atoms with van der Waals surface area (Å²) >= 11 is 0. The molecule has 4 rings (SSSR count). The SMILES string of the molecule is CN(N)C(C(=O)O)C12CC3CC(CC(C3)C1)C2. The molecule has 4 aliphatic rings. The molecule has 4 nitrogen and oxygen atoms in total. The zero-order valence-electron chi connectivity index (χ0n) is 10.4. The molecule has 0 amide bonds. The molecule has 0 spiro atoms. The van der Waals surface area contributed by atoms with Gasteiger partial charge in [-0.05, 0) is 61.7 Å². The third-order valence-electron chi connectivity index (χ3n) is 5.31. The predicted molar refractivity (Wildman–Crippen MR) is 64.0 cm³/mol. The van der Waals surface area contributed by atoms with Gasteiger partial charge in [0.25, 0.3) is 0 Å². The molecule has 4 fully saturated rings. The van der Waals surface area contributed by atoms with E-state index < -0.39 is 12.0 Å². The van der Waals surface area contributed by atoms with E-state index in [9.17, 15) is 9.90 Å². The van der Waals surface area contributed by atoms with Crippen LogP contribution in [-0.4, -0.2) is 29.2 Å². The monoisotopic (exact) mass is 238 g/mol. The highest BCUT2D eigenvalue weighted by atomic mass is 16.4. The maximum absolute atomic E-state index is 11.5. The molecule has 1 unspecified atom stereocenters. The number of rotatable bonds is 3. The van der Waals surface area contributed by atoms with E-state index in [1.807, 2.05) is 0 Å². The molecule has 1 atom stereocenters. The van der Waals surface area contributed by atoms with Gasteiger partial charge in [-0.3, -0.25) is 10.6 Å². The van der Waals surface area contributed by atoms with E-state index in [0.29, 0.717) is 0 Å². The summed E-state index contributed by atoms with van der Waals surface area (Å²) in [4.78, 5) is 11.5. The first-order valence-corrected chi connectivity index (χ1v) is 6.70. The molecule has 17 heavy (non-hydrogen) atoms. The molecule has 4 heteroatoms. The van der Waals surface area contributed by atoms with Gasteiger partial charge in [0.05, 0.1) is 0 Å². The first-order chi connectivity index (χ1) is 8.00. The van der Waals surface area contributed by atoms with Crippen LogP contribution < -0.4 is 5.84 Å². The zero-order valence-corrected chi connectivity index (χ0v) is 10.4. The van der Waals surface area contributed by atoms with Crippen molar-refractivity contribution in [3.63, 3.8) is 0 Å². The number of carbonyl (C=O) groups is 1. The second kappa shape index (κ2) is 3.69. The molecule has 96 valence electrons. The Morgan fingerprint density at radius 3 is 1.94 bits per heavy atom. The van der Waals surface area contributed by atoms with Crippen LogP contribution in [0.3, 0.4) is 0 Å². The molecule has 3 N–H and O–H groups in total. The number of nitrogens with two attached hydrogens (primary N) is 1. The zero-order chi connectivity index (χ0) is 12.2. The Morgan fingerprint density at radius 1 is 1.24 bits per heavy atom. The van der Waals surface area contributed by atoms with Gasteiger partial charge in [-0.25, -0.2) is 5.01 Å². The highest BCUT2D eigenvalue weighted by Crippen LogP contribution is 2.61. The van der Waals surface area contributed by atoms with Crippen molar-refractivity contribution >= 4 is 5.97 Å². The number of hydrogen-bond acceptors (Lipinski definition) is 3. The van der Waals surface area contributed by atoms with E-state index in [2.05, 4.69) is 0 Å². The van der Waals surface area contributed by atoms with Gasteiger partial charge in [0, 0.05) is 7.05 Å². The molecule has 4 saturated carbocycles. The highest BCUT2D eigenvalue weighted by molar-refractivity contribution is 5.74. The van der Waals surface area contributed by atoms with Crippen molar-refractivity contribution in [3.8, 4) is 0 Å². The molecule has 0 aromatic rings. The lowest BCUT2D eigenvalue weighted by molar-refractivity contribution is -0.160. The van der Waals surface area contributed by atoms with E-state index in [-0.39, 0.29) is 5.41 Å². The highest BCUT2D eigenvalue weighted by Gasteiger charge is 2.56. The number of nitrogens with zero attached hydrogens (tertiary/aromatic N) is 1. The fourth-order valence-electron chi connectivity index (χ4n) is 5.38. The molecule has 0 aromatic heterocycles. The summed E-state index contributed by atoms with van der Waals surface area (Å²) in [6.45, 7) is 0. The Morgan fingerprint density at radius 2 is 1.65 bits per heavy atom. The molecule has 0 radical (unpaired) electrons. The summed E-state index contributed by atoms with van der Waals surface area (Å²) in [5.41, 5.74) is -0.0376. The first kappa shape index (κ1) is 11.5. The number of likely N-dealkylation sites (N-methyl/N-ethyl adjacent to an activating group) is 1. The van der Waals surface area contributed by atoms with Crippen LogP contribution in [0.25, 0.3) is 0 Å². The van der Waals surface area contributed by atoms with Crippen LogP contribution >= 0.6 is 0 Å². The second-order valence-corrected chi connectivity index (χ2v) is 6.69. The quantitative estimate of drug-likeness (QED) is 0.577. The average molecular weight is 238 g/mol. The van der Waals surface area contributed by atoms with Crippen molar-refractivity contribution in [1.29, 1.82) is 0 Å². The number of carboxylic acid groups (broad SMARTS) is 1. The van der Waals surface area contributed by atoms with E-state index in [1.54, 1.807) is 7.05 Å². The van der Waals surface area contributed by atoms with Crippen molar-refractivity contribution in [2.24, 2.45) is 29.0 Å². The Kier molecular flexibility index (Phi) is 2.49. The summed E-state index contributed by atoms with van der Waals surface area (Å²) in [5.74, 6) is 7.37. The summed E-state index contributed by atoms with van der Waals surface area (Å²) in [6.07, 6.45) is 7.24. The van der Waals surface area contributed by atoms with Crippen molar-refractivity contribution in [2.45, 2.75) is 44.6 Å². The minimum absolute atomic E-state index is 0.0376. The third kappa shape index (κ3) is 1.69. The van der Waals surface area contributed by atoms with Crippen LogP contribution in [0, 0.1) is 23.2 Å². The largest absolute Gasteiger partial charge is 0.480 e. The minimum atomic E-state index is -0.739. The van der Waals surface area contributed by atoms with E-state index >= 15 is 0 Å². The van der Waals surface area contributed by atoms with Crippen molar-refractivity contribution in [2.75, 3.05) is 7.05 Å². The van der Waals surface area contributed by atoms with Gasteiger partial charge in [-0.2, -0.15) is 0 Å². The first-order valence-electron chi connectivity index (χ1n) is 6.70. The maximum atomic E-state index is 11.5. The van der Waals surface area contributed by atoms with Crippen LogP contribution in [-0.2, 0) is 4.79 Å². The molecule has 0 saturated heterocycles. The van der Waals surface area contributed by atoms with E-state index in [0.717, 1.165) is 37.0 Å². The molecule has 4 bridgehead atoms. The molecule has 4 aliphatic carbocycles. The summed E-state index contributed by atoms with van der Waals surface area (Å²) < 4.78 is 0. The molecule has 0 aliphatic heterocycles. The average Bonchev–Trinajstić information content (AvgIpc) is 2.11. The molecular weight excluding hydrogens is 216 g/mol. The number of aliphatic carboxylic acids is 1. The van der Waals surface area contributed by atoms with Crippen LogP contribution in [0.15, 0.2) is 0 Å². The smallest absolute Gasteiger partial charge is 0.322 e. The second-order valence-electron chi connectivity index (χ2n) is 6.69. The normalized spacial score (nSPS) is 45.2. The van der Waals surface area contributed by atoms with Crippen LogP contribution in [0.1, 0.15) is 38.5 Å². The van der Waals surface area contributed by atoms with Gasteiger partial charge in [-0.15, -0.1) is 0 Å². The predicted octanol–water partition coefficient (Wildman–Crippen LogP) is 1.46. The molecule has 0 heterocycles. The third-order valence-corrected chi connectivity index (χ3v) is 5.31. The van der Waals surface area contributed by atoms with E-state index in [4.69, 9.17) is 5.84 Å². The molecule has 0 aromatic carbocycles. The lowest BCUT2D eigenvalue weighted by Crippen LogP contribution is -2.60. The number of hydrazine groups is 1. The maximum Gasteiger partial charge on any atom is 0.322 e. The number of hydrogen-bond donors (Lipinski definition) is 2. The Balaban J connectivity index is 1.92. The van der Waals surface area contributed by atoms with Crippen LogP contribution in [0.5, 0.6) is 0 Å². The minimum Gasteiger partial charge on any atom is -0.480 e. The Labute approximate surface area is 102 Å². The van der Waals surface area contributed by atoms with Gasteiger partial charge >= 0.3 is 5.97 Å². The van der Waals surface area contributed by atoms with Gasteiger partial charge < -0.3 is 5.11 Å². The summed E-state index contributed by atoms with van der Waals surface area (Å²) in [7, 11) is 1.71. The van der Waals surface area contributed by atoms with Crippen molar-refractivity contribution in [3.05, 3.63) is 0 Å². The van der Waals surface area contributed by atoms with Gasteiger partial charge in [0.15, 0.2) is 0 Å². The fraction of sp³-hybridized carbons (Fsp3) is 0.923. The van der Waals surface area contributed by atoms with Gasteiger partial charge in [0.2, 0.25) is 0 Å². The fourth-order valence-corrected chi connectivity index (χ4v) is 5.38. The van der Waals surface area contributed by atoms with Crippen LogP contribution in [0.4, 0.5) is 0 Å². The molecular formula is C13H22N2O2. The lowest BCUT2D eigenvalue weighted by atomic mass is 9.47. The van der Waals surface area contributed by atoms with Crippen molar-refractivity contribution in [1.82, 2.24) is 5.01 Å². The Hall–Kier alpha value is -0.610.